The van der Waals surface area contributed by atoms with Gasteiger partial charge in [-0.2, -0.15) is 0 Å². The summed E-state index contributed by atoms with van der Waals surface area (Å²) in [5, 5.41) is 22.1. The van der Waals surface area contributed by atoms with Crippen molar-refractivity contribution >= 4 is 5.91 Å². The van der Waals surface area contributed by atoms with E-state index in [0.29, 0.717) is 32.0 Å². The molecule has 0 radical (unpaired) electrons. The van der Waals surface area contributed by atoms with Crippen molar-refractivity contribution < 1.29 is 24.5 Å². The molecule has 1 fully saturated rings. The predicted molar refractivity (Wildman–Crippen MR) is 88.8 cm³/mol. The summed E-state index contributed by atoms with van der Waals surface area (Å²) in [5.41, 5.74) is -0.156. The number of aliphatic hydroxyl groups excluding tert-OH is 1. The first-order valence-corrected chi connectivity index (χ1v) is 8.10. The summed E-state index contributed by atoms with van der Waals surface area (Å²) in [5.74, 6) is 0.496. The monoisotopic (exact) mass is 338 g/mol. The number of rotatable bonds is 7. The first kappa shape index (κ1) is 18.7. The predicted octanol–water partition coefficient (Wildman–Crippen LogP) is -0.243. The molecule has 1 aromatic rings. The van der Waals surface area contributed by atoms with Crippen molar-refractivity contribution in [3.63, 3.8) is 0 Å². The smallest absolute Gasteiger partial charge is 0.222 e. The number of ether oxygens (including phenoxy) is 2. The van der Waals surface area contributed by atoms with Crippen LogP contribution in [0.2, 0.25) is 0 Å². The lowest BCUT2D eigenvalue weighted by Gasteiger charge is -2.30. The molecule has 7 nitrogen and oxygen atoms in total. The molecule has 0 spiro atoms. The van der Waals surface area contributed by atoms with Gasteiger partial charge >= 0.3 is 0 Å². The lowest BCUT2D eigenvalue weighted by atomic mass is 9.99. The number of benzene rings is 1. The molecular formula is C17H26N2O5. The highest BCUT2D eigenvalue weighted by Crippen LogP contribution is 2.20. The van der Waals surface area contributed by atoms with E-state index in [-0.39, 0.29) is 32.1 Å². The lowest BCUT2D eigenvalue weighted by molar-refractivity contribution is -0.128. The molecule has 1 saturated heterocycles. The summed E-state index contributed by atoms with van der Waals surface area (Å²) in [4.78, 5) is 13.7. The van der Waals surface area contributed by atoms with Crippen LogP contribution in [0, 0.1) is 0 Å². The topological polar surface area (TPSA) is 91.3 Å². The van der Waals surface area contributed by atoms with Gasteiger partial charge in [0.25, 0.3) is 0 Å². The molecule has 134 valence electrons. The number of β-amino-alcohol motifs (C(OH)–C–C–N with tert-alkyl or cyclic N) is 1. The highest BCUT2D eigenvalue weighted by molar-refractivity contribution is 5.76. The second-order valence-electron chi connectivity index (χ2n) is 6.06. The van der Waals surface area contributed by atoms with Gasteiger partial charge in [-0.3, -0.25) is 9.69 Å². The Morgan fingerprint density at radius 3 is 3.08 bits per heavy atom. The zero-order chi connectivity index (χ0) is 17.4. The van der Waals surface area contributed by atoms with Crippen molar-refractivity contribution in [1.29, 1.82) is 0 Å². The van der Waals surface area contributed by atoms with Gasteiger partial charge in [-0.25, -0.2) is 0 Å². The molecular weight excluding hydrogens is 312 g/mol. The third-order valence-corrected chi connectivity index (χ3v) is 3.87. The van der Waals surface area contributed by atoms with E-state index in [1.165, 1.54) is 0 Å². The number of hydrogen-bond donors (Lipinski definition) is 3. The zero-order valence-electron chi connectivity index (χ0n) is 14.0. The van der Waals surface area contributed by atoms with Crippen molar-refractivity contribution in [2.75, 3.05) is 46.6 Å². The number of carbonyl (C=O) groups excluding carboxylic acids is 1. The summed E-state index contributed by atoms with van der Waals surface area (Å²) in [7, 11) is 1.55. The van der Waals surface area contributed by atoms with E-state index < -0.39 is 5.60 Å². The van der Waals surface area contributed by atoms with Gasteiger partial charge in [0, 0.05) is 26.7 Å². The molecule has 1 heterocycles. The number of amides is 1. The van der Waals surface area contributed by atoms with Gasteiger partial charge in [-0.05, 0) is 17.7 Å². The van der Waals surface area contributed by atoms with E-state index in [1.807, 2.05) is 24.3 Å². The van der Waals surface area contributed by atoms with Crippen LogP contribution in [0.5, 0.6) is 5.75 Å². The Morgan fingerprint density at radius 2 is 2.33 bits per heavy atom. The quantitative estimate of drug-likeness (QED) is 0.635. The summed E-state index contributed by atoms with van der Waals surface area (Å²) in [6.45, 7) is 2.55. The number of hydrogen-bond acceptors (Lipinski definition) is 6. The van der Waals surface area contributed by atoms with Crippen molar-refractivity contribution in [2.45, 2.75) is 18.6 Å². The summed E-state index contributed by atoms with van der Waals surface area (Å²) in [6, 6.07) is 7.63. The van der Waals surface area contributed by atoms with Gasteiger partial charge in [0.15, 0.2) is 0 Å². The van der Waals surface area contributed by atoms with Crippen molar-refractivity contribution in [3.05, 3.63) is 29.8 Å². The van der Waals surface area contributed by atoms with E-state index in [1.54, 1.807) is 7.05 Å². The largest absolute Gasteiger partial charge is 0.491 e. The molecule has 3 N–H and O–H groups in total. The van der Waals surface area contributed by atoms with Crippen molar-refractivity contribution in [1.82, 2.24) is 10.2 Å². The Balaban J connectivity index is 2.01. The average Bonchev–Trinajstić information content (AvgIpc) is 2.74. The molecule has 24 heavy (non-hydrogen) atoms. The Bertz CT molecular complexity index is 539. The molecule has 2 rings (SSSR count). The Labute approximate surface area is 142 Å². The van der Waals surface area contributed by atoms with Gasteiger partial charge in [-0.15, -0.1) is 0 Å². The van der Waals surface area contributed by atoms with E-state index in [9.17, 15) is 9.90 Å². The number of nitrogens with one attached hydrogen (secondary N) is 1. The van der Waals surface area contributed by atoms with Crippen LogP contribution in [-0.4, -0.2) is 73.2 Å². The molecule has 1 aliphatic heterocycles. The van der Waals surface area contributed by atoms with Crippen LogP contribution in [0.25, 0.3) is 0 Å². The molecule has 1 amide bonds. The number of nitrogens with zero attached hydrogens (tertiary/aromatic N) is 1. The third-order valence-electron chi connectivity index (χ3n) is 3.87. The highest BCUT2D eigenvalue weighted by Gasteiger charge is 2.34. The maximum Gasteiger partial charge on any atom is 0.222 e. The fourth-order valence-electron chi connectivity index (χ4n) is 2.78. The van der Waals surface area contributed by atoms with E-state index >= 15 is 0 Å². The normalized spacial score (nSPS) is 22.0. The molecule has 0 saturated carbocycles. The standard InChI is InChI=1S/C17H26N2O5/c1-18-16(21)10-17(22)12-19(5-7-23-13-17)11-14-3-2-4-15(9-14)24-8-6-20/h2-4,9,20,22H,5-8,10-13H2,1H3,(H,18,21)/t17-/m1/s1. The summed E-state index contributed by atoms with van der Waals surface area (Å²) >= 11 is 0. The SMILES string of the molecule is CNC(=O)C[C@]1(O)COCCN(Cc2cccc(OCCO)c2)C1. The molecule has 7 heteroatoms. The van der Waals surface area contributed by atoms with Crippen molar-refractivity contribution in [3.8, 4) is 5.75 Å². The van der Waals surface area contributed by atoms with Gasteiger partial charge in [0.2, 0.25) is 5.91 Å². The van der Waals surface area contributed by atoms with E-state index in [0.717, 1.165) is 5.56 Å². The number of carbonyl (C=O) groups is 1. The molecule has 0 unspecified atom stereocenters. The van der Waals surface area contributed by atoms with Crippen LogP contribution in [-0.2, 0) is 16.1 Å². The van der Waals surface area contributed by atoms with Gasteiger partial charge in [0.05, 0.1) is 26.2 Å². The fraction of sp³-hybridized carbons (Fsp3) is 0.588. The lowest BCUT2D eigenvalue weighted by Crippen LogP contribution is -2.47. The maximum atomic E-state index is 11.6. The van der Waals surface area contributed by atoms with Gasteiger partial charge in [-0.1, -0.05) is 12.1 Å². The Morgan fingerprint density at radius 1 is 1.50 bits per heavy atom. The fourth-order valence-corrected chi connectivity index (χ4v) is 2.78. The minimum atomic E-state index is -1.19. The molecule has 0 aromatic heterocycles. The Hall–Kier alpha value is -1.67. The maximum absolute atomic E-state index is 11.6. The van der Waals surface area contributed by atoms with Crippen LogP contribution in [0.3, 0.4) is 0 Å². The Kier molecular flexibility index (Phi) is 6.99. The molecule has 1 aromatic carbocycles. The molecule has 1 atom stereocenters. The summed E-state index contributed by atoms with van der Waals surface area (Å²) < 4.78 is 10.9. The van der Waals surface area contributed by atoms with Crippen molar-refractivity contribution in [2.24, 2.45) is 0 Å². The zero-order valence-corrected chi connectivity index (χ0v) is 14.0. The summed E-state index contributed by atoms with van der Waals surface area (Å²) in [6.07, 6.45) is 0.0135. The molecule has 0 aliphatic carbocycles. The van der Waals surface area contributed by atoms with Gasteiger partial charge < -0.3 is 25.0 Å². The number of aliphatic hydroxyl groups is 2. The molecule has 1 aliphatic rings. The van der Waals surface area contributed by atoms with Crippen LogP contribution in [0.1, 0.15) is 12.0 Å². The van der Waals surface area contributed by atoms with E-state index in [2.05, 4.69) is 10.2 Å². The minimum Gasteiger partial charge on any atom is -0.491 e. The van der Waals surface area contributed by atoms with Crippen LogP contribution in [0.15, 0.2) is 24.3 Å². The van der Waals surface area contributed by atoms with Crippen LogP contribution in [0.4, 0.5) is 0 Å². The van der Waals surface area contributed by atoms with E-state index in [4.69, 9.17) is 14.6 Å². The highest BCUT2D eigenvalue weighted by atomic mass is 16.5. The first-order chi connectivity index (χ1) is 11.5. The molecule has 0 bridgehead atoms. The first-order valence-electron chi connectivity index (χ1n) is 8.10. The van der Waals surface area contributed by atoms with Crippen LogP contribution >= 0.6 is 0 Å². The third kappa shape index (κ3) is 5.76. The average molecular weight is 338 g/mol. The second-order valence-corrected chi connectivity index (χ2v) is 6.06. The van der Waals surface area contributed by atoms with Gasteiger partial charge in [0.1, 0.15) is 18.0 Å². The van der Waals surface area contributed by atoms with Crippen LogP contribution < -0.4 is 10.1 Å². The second kappa shape index (κ2) is 8.98. The minimum absolute atomic E-state index is 0.0135.